The van der Waals surface area contributed by atoms with Crippen LogP contribution in [0.2, 0.25) is 0 Å². The lowest BCUT2D eigenvalue weighted by Crippen LogP contribution is -2.26. The lowest BCUT2D eigenvalue weighted by atomic mass is 10.0. The number of aliphatic hydroxyl groups is 1. The molecular formula is C7H14O3. The number of hydrogen-bond donors (Lipinski definition) is 1. The third-order valence-electron chi connectivity index (χ3n) is 1.97. The standard InChI is InChI=1S/C7H14O3/c1-9-7(4-8)6-2-3-10-5-6/h6-8H,2-5H2,1H3. The number of ether oxygens (including phenoxy) is 2. The van der Waals surface area contributed by atoms with Crippen molar-refractivity contribution in [3.05, 3.63) is 0 Å². The summed E-state index contributed by atoms with van der Waals surface area (Å²) in [6.07, 6.45) is 0.987. The lowest BCUT2D eigenvalue weighted by Gasteiger charge is -2.17. The van der Waals surface area contributed by atoms with Gasteiger partial charge in [-0.1, -0.05) is 0 Å². The molecule has 0 aliphatic carbocycles. The van der Waals surface area contributed by atoms with Crippen LogP contribution in [0.4, 0.5) is 0 Å². The Morgan fingerprint density at radius 1 is 1.80 bits per heavy atom. The normalized spacial score (nSPS) is 28.8. The Morgan fingerprint density at radius 2 is 2.60 bits per heavy atom. The maximum atomic E-state index is 8.81. The van der Waals surface area contributed by atoms with Crippen LogP contribution in [0, 0.1) is 5.92 Å². The highest BCUT2D eigenvalue weighted by atomic mass is 16.5. The molecule has 3 nitrogen and oxygen atoms in total. The van der Waals surface area contributed by atoms with Crippen molar-refractivity contribution in [2.45, 2.75) is 12.5 Å². The summed E-state index contributed by atoms with van der Waals surface area (Å²) >= 11 is 0. The topological polar surface area (TPSA) is 38.7 Å². The Kier molecular flexibility index (Phi) is 3.12. The number of aliphatic hydroxyl groups excluding tert-OH is 1. The molecule has 2 unspecified atom stereocenters. The number of methoxy groups -OCH3 is 1. The van der Waals surface area contributed by atoms with E-state index in [2.05, 4.69) is 0 Å². The minimum atomic E-state index is -0.0255. The van der Waals surface area contributed by atoms with Gasteiger partial charge in [-0.2, -0.15) is 0 Å². The first-order valence-electron chi connectivity index (χ1n) is 3.60. The van der Waals surface area contributed by atoms with Gasteiger partial charge in [0.15, 0.2) is 0 Å². The first kappa shape index (κ1) is 7.98. The molecule has 2 atom stereocenters. The zero-order valence-electron chi connectivity index (χ0n) is 6.25. The van der Waals surface area contributed by atoms with E-state index in [-0.39, 0.29) is 12.7 Å². The van der Waals surface area contributed by atoms with Gasteiger partial charge in [0.2, 0.25) is 0 Å². The largest absolute Gasteiger partial charge is 0.394 e. The van der Waals surface area contributed by atoms with E-state index in [1.807, 2.05) is 0 Å². The molecule has 3 heteroatoms. The molecule has 1 heterocycles. The van der Waals surface area contributed by atoms with Crippen molar-refractivity contribution < 1.29 is 14.6 Å². The second kappa shape index (κ2) is 3.91. The zero-order chi connectivity index (χ0) is 7.40. The summed E-state index contributed by atoms with van der Waals surface area (Å²) in [6, 6.07) is 0. The van der Waals surface area contributed by atoms with E-state index in [9.17, 15) is 0 Å². The molecular weight excluding hydrogens is 132 g/mol. The van der Waals surface area contributed by atoms with Gasteiger partial charge in [0, 0.05) is 19.6 Å². The van der Waals surface area contributed by atoms with Crippen molar-refractivity contribution in [1.82, 2.24) is 0 Å². The molecule has 1 aliphatic rings. The second-order valence-corrected chi connectivity index (χ2v) is 2.58. The van der Waals surface area contributed by atoms with Crippen LogP contribution in [-0.2, 0) is 9.47 Å². The van der Waals surface area contributed by atoms with Crippen LogP contribution in [0.3, 0.4) is 0 Å². The summed E-state index contributed by atoms with van der Waals surface area (Å²) in [6.45, 7) is 1.65. The molecule has 1 aliphatic heterocycles. The van der Waals surface area contributed by atoms with Gasteiger partial charge in [0.05, 0.1) is 19.3 Å². The molecule has 0 aromatic rings. The van der Waals surface area contributed by atoms with Crippen molar-refractivity contribution in [2.75, 3.05) is 26.9 Å². The summed E-state index contributed by atoms with van der Waals surface area (Å²) in [5.74, 6) is 0.398. The lowest BCUT2D eigenvalue weighted by molar-refractivity contribution is 0.00438. The smallest absolute Gasteiger partial charge is 0.0852 e. The molecule has 0 bridgehead atoms. The van der Waals surface area contributed by atoms with Gasteiger partial charge in [0.1, 0.15) is 0 Å². The van der Waals surface area contributed by atoms with E-state index in [1.54, 1.807) is 7.11 Å². The summed E-state index contributed by atoms with van der Waals surface area (Å²) in [4.78, 5) is 0. The van der Waals surface area contributed by atoms with Gasteiger partial charge < -0.3 is 14.6 Å². The van der Waals surface area contributed by atoms with E-state index >= 15 is 0 Å². The molecule has 60 valence electrons. The Hall–Kier alpha value is -0.120. The van der Waals surface area contributed by atoms with Gasteiger partial charge in [-0.3, -0.25) is 0 Å². The van der Waals surface area contributed by atoms with Crippen molar-refractivity contribution in [1.29, 1.82) is 0 Å². The average Bonchev–Trinajstić information content (AvgIpc) is 2.43. The minimum Gasteiger partial charge on any atom is -0.394 e. The third-order valence-corrected chi connectivity index (χ3v) is 1.97. The highest BCUT2D eigenvalue weighted by Gasteiger charge is 2.24. The Labute approximate surface area is 60.9 Å². The summed E-state index contributed by atoms with van der Waals surface area (Å²) in [5, 5.41) is 8.81. The first-order chi connectivity index (χ1) is 4.88. The second-order valence-electron chi connectivity index (χ2n) is 2.58. The van der Waals surface area contributed by atoms with Crippen molar-refractivity contribution in [2.24, 2.45) is 5.92 Å². The third kappa shape index (κ3) is 1.68. The molecule has 1 N–H and O–H groups in total. The molecule has 1 rings (SSSR count). The Balaban J connectivity index is 2.29. The highest BCUT2D eigenvalue weighted by Crippen LogP contribution is 2.17. The predicted molar refractivity (Wildman–Crippen MR) is 36.8 cm³/mol. The SMILES string of the molecule is COC(CO)C1CCOC1. The fourth-order valence-electron chi connectivity index (χ4n) is 1.26. The van der Waals surface area contributed by atoms with Gasteiger partial charge in [-0.25, -0.2) is 0 Å². The van der Waals surface area contributed by atoms with Crippen LogP contribution in [0.5, 0.6) is 0 Å². The van der Waals surface area contributed by atoms with Crippen molar-refractivity contribution in [3.8, 4) is 0 Å². The maximum absolute atomic E-state index is 8.81. The van der Waals surface area contributed by atoms with Crippen molar-refractivity contribution >= 4 is 0 Å². The monoisotopic (exact) mass is 146 g/mol. The first-order valence-corrected chi connectivity index (χ1v) is 3.60. The molecule has 0 aromatic carbocycles. The van der Waals surface area contributed by atoms with Gasteiger partial charge in [0.25, 0.3) is 0 Å². The van der Waals surface area contributed by atoms with Crippen LogP contribution in [0.15, 0.2) is 0 Å². The maximum Gasteiger partial charge on any atom is 0.0852 e. The van der Waals surface area contributed by atoms with E-state index in [1.165, 1.54) is 0 Å². The molecule has 0 amide bonds. The van der Waals surface area contributed by atoms with Gasteiger partial charge >= 0.3 is 0 Å². The van der Waals surface area contributed by atoms with Crippen LogP contribution in [0.25, 0.3) is 0 Å². The fourth-order valence-corrected chi connectivity index (χ4v) is 1.26. The molecule has 0 radical (unpaired) electrons. The summed E-state index contributed by atoms with van der Waals surface area (Å²) in [7, 11) is 1.62. The molecule has 0 aromatic heterocycles. The van der Waals surface area contributed by atoms with Crippen LogP contribution < -0.4 is 0 Å². The van der Waals surface area contributed by atoms with E-state index in [0.29, 0.717) is 5.92 Å². The zero-order valence-corrected chi connectivity index (χ0v) is 6.25. The van der Waals surface area contributed by atoms with Gasteiger partial charge in [-0.05, 0) is 6.42 Å². The summed E-state index contributed by atoms with van der Waals surface area (Å²) in [5.41, 5.74) is 0. The molecule has 1 fully saturated rings. The number of hydrogen-bond acceptors (Lipinski definition) is 3. The molecule has 0 spiro atoms. The van der Waals surface area contributed by atoms with E-state index in [4.69, 9.17) is 14.6 Å². The Morgan fingerprint density at radius 3 is 3.00 bits per heavy atom. The predicted octanol–water partition coefficient (Wildman–Crippen LogP) is 0.0302. The molecule has 0 saturated carbocycles. The minimum absolute atomic E-state index is 0.0255. The van der Waals surface area contributed by atoms with E-state index in [0.717, 1.165) is 19.6 Å². The quantitative estimate of drug-likeness (QED) is 0.610. The van der Waals surface area contributed by atoms with Crippen LogP contribution in [-0.4, -0.2) is 38.1 Å². The van der Waals surface area contributed by atoms with Crippen molar-refractivity contribution in [3.63, 3.8) is 0 Å². The molecule has 1 saturated heterocycles. The van der Waals surface area contributed by atoms with E-state index < -0.39 is 0 Å². The van der Waals surface area contributed by atoms with Crippen LogP contribution in [0.1, 0.15) is 6.42 Å². The van der Waals surface area contributed by atoms with Gasteiger partial charge in [-0.15, -0.1) is 0 Å². The average molecular weight is 146 g/mol. The van der Waals surface area contributed by atoms with Crippen LogP contribution >= 0.6 is 0 Å². The highest BCUT2D eigenvalue weighted by molar-refractivity contribution is 4.72. The summed E-state index contributed by atoms with van der Waals surface area (Å²) < 4.78 is 10.2. The Bertz CT molecular complexity index is 84.9. The fraction of sp³-hybridized carbons (Fsp3) is 1.00. The molecule has 10 heavy (non-hydrogen) atoms. The number of rotatable bonds is 3.